The first-order chi connectivity index (χ1) is 21.1. The smallest absolute Gasteiger partial charge is 0.306 e. The van der Waals surface area contributed by atoms with Crippen molar-refractivity contribution in [2.75, 3.05) is 6.61 Å². The van der Waals surface area contributed by atoms with Gasteiger partial charge in [0.05, 0.1) is 29.4 Å². The van der Waals surface area contributed by atoms with E-state index >= 15 is 0 Å². The fourth-order valence-corrected chi connectivity index (χ4v) is 4.99. The molecule has 1 aliphatic heterocycles. The molecule has 10 nitrogen and oxygen atoms in total. The number of benzene rings is 2. The lowest BCUT2D eigenvalue weighted by Gasteiger charge is -2.25. The maximum atomic E-state index is 13.2. The first kappa shape index (κ1) is 33.6. The number of ether oxygens (including phenoxy) is 2. The van der Waals surface area contributed by atoms with E-state index in [0.717, 1.165) is 30.5 Å². The summed E-state index contributed by atoms with van der Waals surface area (Å²) >= 11 is 0. The van der Waals surface area contributed by atoms with E-state index < -0.39 is 23.5 Å². The molecule has 2 heterocycles. The van der Waals surface area contributed by atoms with Crippen molar-refractivity contribution in [3.8, 4) is 16.9 Å². The predicted octanol–water partition coefficient (Wildman–Crippen LogP) is 5.47. The van der Waals surface area contributed by atoms with Crippen LogP contribution < -0.4 is 9.42 Å². The van der Waals surface area contributed by atoms with E-state index in [1.54, 1.807) is 36.4 Å². The van der Waals surface area contributed by atoms with Gasteiger partial charge < -0.3 is 9.47 Å². The van der Waals surface area contributed by atoms with Gasteiger partial charge in [0, 0.05) is 12.8 Å². The third-order valence-electron chi connectivity index (χ3n) is 7.10. The molecule has 0 aliphatic carbocycles. The molecule has 0 saturated heterocycles. The number of aromatic nitrogens is 2. The van der Waals surface area contributed by atoms with Crippen LogP contribution >= 0.6 is 0 Å². The predicted molar refractivity (Wildman–Crippen MR) is 167 cm³/mol. The van der Waals surface area contributed by atoms with Gasteiger partial charge in [0.1, 0.15) is 18.0 Å². The van der Waals surface area contributed by atoms with Gasteiger partial charge in [0.25, 0.3) is 11.8 Å². The van der Waals surface area contributed by atoms with Gasteiger partial charge in [0.2, 0.25) is 6.20 Å². The fraction of sp³-hybridized carbons (Fsp3) is 0.457. The molecule has 1 aliphatic rings. The Morgan fingerprint density at radius 2 is 1.49 bits per heavy atom. The van der Waals surface area contributed by atoms with E-state index in [1.165, 1.54) is 0 Å². The lowest BCUT2D eigenvalue weighted by Crippen LogP contribution is -2.42. The molecule has 1 aromatic heterocycles. The quantitative estimate of drug-likeness (QED) is 0.108. The average Bonchev–Trinajstić information content (AvgIpc) is 3.43. The van der Waals surface area contributed by atoms with Gasteiger partial charge in [0.15, 0.2) is 18.9 Å². The number of ketones is 1. The Kier molecular flexibility index (Phi) is 10.3. The highest BCUT2D eigenvalue weighted by molar-refractivity contribution is 6.20. The zero-order chi connectivity index (χ0) is 32.9. The molecule has 3 aromatic rings. The summed E-state index contributed by atoms with van der Waals surface area (Å²) in [6, 6.07) is 13.9. The first-order valence-electron chi connectivity index (χ1n) is 15.3. The van der Waals surface area contributed by atoms with Gasteiger partial charge in [-0.15, -0.1) is 9.75 Å². The zero-order valence-corrected chi connectivity index (χ0v) is 27.3. The number of unbranched alkanes of at least 4 members (excludes halogenated alkanes) is 1. The van der Waals surface area contributed by atoms with Crippen molar-refractivity contribution >= 4 is 23.6 Å². The Balaban J connectivity index is 1.36. The summed E-state index contributed by atoms with van der Waals surface area (Å²) in [5.41, 5.74) is 1.68. The Labute approximate surface area is 264 Å². The largest absolute Gasteiger partial charge is 0.490 e. The number of carbonyl (C=O) groups excluding carboxylic acids is 4. The highest BCUT2D eigenvalue weighted by Crippen LogP contribution is 2.27. The Hall–Kier alpha value is -4.31. The van der Waals surface area contributed by atoms with E-state index in [9.17, 15) is 19.2 Å². The van der Waals surface area contributed by atoms with E-state index in [0.29, 0.717) is 17.2 Å². The molecule has 0 saturated carbocycles. The third kappa shape index (κ3) is 9.11. The number of hydrogen-bond acceptors (Lipinski definition) is 7. The van der Waals surface area contributed by atoms with Gasteiger partial charge in [-0.25, -0.2) is 4.84 Å². The van der Waals surface area contributed by atoms with Crippen LogP contribution in [-0.2, 0) is 32.8 Å². The number of hydroxylamine groups is 2. The molecule has 240 valence electrons. The number of hydrogen-bond donors (Lipinski definition) is 0. The molecule has 45 heavy (non-hydrogen) atoms. The summed E-state index contributed by atoms with van der Waals surface area (Å²) in [7, 11) is 1.97. The highest BCUT2D eigenvalue weighted by Gasteiger charge is 2.40. The number of amides is 2. The van der Waals surface area contributed by atoms with Crippen LogP contribution in [-0.4, -0.2) is 51.6 Å². The molecular formula is C35H44N3O7+. The van der Waals surface area contributed by atoms with Crippen molar-refractivity contribution in [2.45, 2.75) is 85.5 Å². The summed E-state index contributed by atoms with van der Waals surface area (Å²) in [5, 5.41) is 0.671. The first-order valence-corrected chi connectivity index (χ1v) is 15.3. The molecule has 0 radical (unpaired) electrons. The summed E-state index contributed by atoms with van der Waals surface area (Å²) in [6.45, 7) is 12.0. The molecule has 0 fully saturated rings. The molecule has 10 heteroatoms. The van der Waals surface area contributed by atoms with Crippen molar-refractivity contribution in [3.05, 3.63) is 72.1 Å². The molecule has 2 amide bonds. The van der Waals surface area contributed by atoms with E-state index in [1.807, 2.05) is 71.6 Å². The van der Waals surface area contributed by atoms with Crippen molar-refractivity contribution in [1.29, 1.82) is 0 Å². The molecule has 0 N–H and O–H groups in total. The monoisotopic (exact) mass is 618 g/mol. The van der Waals surface area contributed by atoms with Gasteiger partial charge >= 0.3 is 5.97 Å². The Bertz CT molecular complexity index is 1510. The van der Waals surface area contributed by atoms with Gasteiger partial charge in [-0.2, -0.15) is 4.68 Å². The fourth-order valence-electron chi connectivity index (χ4n) is 4.99. The van der Waals surface area contributed by atoms with Gasteiger partial charge in [-0.05, 0) is 68.9 Å². The molecule has 4 rings (SSSR count). The van der Waals surface area contributed by atoms with Crippen LogP contribution in [0.2, 0.25) is 0 Å². The summed E-state index contributed by atoms with van der Waals surface area (Å²) in [5.74, 6) is -1.13. The highest BCUT2D eigenvalue weighted by atomic mass is 16.7. The molecule has 2 aromatic carbocycles. The van der Waals surface area contributed by atoms with E-state index in [4.69, 9.17) is 14.3 Å². The van der Waals surface area contributed by atoms with Crippen LogP contribution in [0.15, 0.2) is 60.9 Å². The van der Waals surface area contributed by atoms with Crippen molar-refractivity contribution in [1.82, 2.24) is 9.75 Å². The molecule has 0 unspecified atom stereocenters. The maximum absolute atomic E-state index is 13.2. The number of fused-ring (bicyclic) bond motifs is 1. The van der Waals surface area contributed by atoms with Crippen LogP contribution in [0.5, 0.6) is 5.75 Å². The average molecular weight is 619 g/mol. The standard InChI is InChI=1S/C35H44N3O7/c1-34(2,3)20-29(39)30(45-38-32(41)27-12-8-9-13-28(27)33(38)42)23-43-26-17-15-24(16-18-26)25-21-36(7)37(22-25)19-11-10-14-31(40)44-35(4,5)6/h8-9,12-13,15-18,21-22,30H,10-11,14,19-20,23H2,1-7H3/q+1/t30-/m0/s1. The second-order valence-electron chi connectivity index (χ2n) is 13.6. The number of rotatable bonds is 13. The van der Waals surface area contributed by atoms with Crippen molar-refractivity contribution in [2.24, 2.45) is 12.5 Å². The Morgan fingerprint density at radius 1 is 0.867 bits per heavy atom. The summed E-state index contributed by atoms with van der Waals surface area (Å²) in [6.07, 6.45) is 5.08. The number of imide groups is 1. The van der Waals surface area contributed by atoms with Crippen LogP contribution in [0, 0.1) is 5.41 Å². The third-order valence-corrected chi connectivity index (χ3v) is 7.10. The minimum atomic E-state index is -1.16. The van der Waals surface area contributed by atoms with Gasteiger partial charge in [-0.3, -0.25) is 19.2 Å². The Morgan fingerprint density at radius 3 is 2.07 bits per heavy atom. The minimum absolute atomic E-state index is 0.170. The topological polar surface area (TPSA) is 108 Å². The number of Topliss-reactive ketones (excluding diaryl/α,β-unsaturated/α-hetero) is 1. The molecule has 0 spiro atoms. The van der Waals surface area contributed by atoms with Crippen LogP contribution in [0.1, 0.15) is 87.9 Å². The second-order valence-corrected chi connectivity index (χ2v) is 13.6. The molecule has 0 bridgehead atoms. The number of aryl methyl sites for hydroxylation is 2. The minimum Gasteiger partial charge on any atom is -0.490 e. The van der Waals surface area contributed by atoms with Crippen LogP contribution in [0.3, 0.4) is 0 Å². The molecule has 1 atom stereocenters. The zero-order valence-electron chi connectivity index (χ0n) is 27.3. The molecular weight excluding hydrogens is 574 g/mol. The summed E-state index contributed by atoms with van der Waals surface area (Å²) in [4.78, 5) is 56.7. The van der Waals surface area contributed by atoms with Crippen molar-refractivity contribution in [3.63, 3.8) is 0 Å². The van der Waals surface area contributed by atoms with E-state index in [2.05, 4.69) is 10.9 Å². The second kappa shape index (κ2) is 13.8. The lowest BCUT2D eigenvalue weighted by molar-refractivity contribution is -0.753. The van der Waals surface area contributed by atoms with Crippen LogP contribution in [0.4, 0.5) is 0 Å². The van der Waals surface area contributed by atoms with Gasteiger partial charge in [-0.1, -0.05) is 45.0 Å². The summed E-state index contributed by atoms with van der Waals surface area (Å²) < 4.78 is 15.4. The van der Waals surface area contributed by atoms with E-state index in [-0.39, 0.29) is 41.3 Å². The number of esters is 1. The lowest BCUT2D eigenvalue weighted by atomic mass is 9.88. The number of nitrogens with zero attached hydrogens (tertiary/aromatic N) is 3. The number of carbonyl (C=O) groups is 4. The maximum Gasteiger partial charge on any atom is 0.306 e. The van der Waals surface area contributed by atoms with Crippen molar-refractivity contribution < 1.29 is 38.2 Å². The normalized spacial score (nSPS) is 14.0. The SMILES string of the molecule is C[n+]1cc(-c2ccc(OC[C@H](ON3C(=O)c4ccccc4C3=O)C(=O)CC(C)(C)C)cc2)cn1CCCCC(=O)OC(C)(C)C. The van der Waals surface area contributed by atoms with Crippen LogP contribution in [0.25, 0.3) is 11.1 Å².